The number of rotatable bonds is 3. The maximum atomic E-state index is 12.0. The highest BCUT2D eigenvalue weighted by Crippen LogP contribution is 2.26. The fourth-order valence-electron chi connectivity index (χ4n) is 1.63. The lowest BCUT2D eigenvalue weighted by Crippen LogP contribution is -2.11. The summed E-state index contributed by atoms with van der Waals surface area (Å²) in [4.78, 5) is 20.9. The van der Waals surface area contributed by atoms with Gasteiger partial charge in [-0.1, -0.05) is 6.58 Å². The SMILES string of the molecule is C=C(OCC)c1nc2sc(C)c(C)c2c(=O)[nH]1. The second-order valence-electron chi connectivity index (χ2n) is 3.73. The molecule has 0 saturated heterocycles. The predicted octanol–water partition coefficient (Wildman–Crippen LogP) is 2.61. The Kier molecular flexibility index (Phi) is 3.02. The van der Waals surface area contributed by atoms with Gasteiger partial charge in [-0.2, -0.15) is 0 Å². The van der Waals surface area contributed by atoms with E-state index in [4.69, 9.17) is 4.74 Å². The first kappa shape index (κ1) is 11.9. The molecular formula is C12H14N2O2S. The Bertz CT molecular complexity index is 640. The van der Waals surface area contributed by atoms with Crippen LogP contribution in [-0.2, 0) is 4.74 Å². The van der Waals surface area contributed by atoms with Crippen molar-refractivity contribution in [3.05, 3.63) is 33.2 Å². The normalized spacial score (nSPS) is 10.8. The van der Waals surface area contributed by atoms with Crippen LogP contribution in [0.5, 0.6) is 0 Å². The number of fused-ring (bicyclic) bond motifs is 1. The first-order valence-corrected chi connectivity index (χ1v) is 6.18. The Labute approximate surface area is 103 Å². The van der Waals surface area contributed by atoms with Gasteiger partial charge in [-0.15, -0.1) is 11.3 Å². The standard InChI is InChI=1S/C12H14N2O2S/c1-5-16-7(3)10-13-11(15)9-6(2)8(4)17-12(9)14-10/h3,5H2,1-2,4H3,(H,13,14,15). The Hall–Kier alpha value is -1.62. The van der Waals surface area contributed by atoms with Gasteiger partial charge in [-0.25, -0.2) is 4.98 Å². The van der Waals surface area contributed by atoms with E-state index in [1.54, 1.807) is 0 Å². The fourth-order valence-corrected chi connectivity index (χ4v) is 2.66. The summed E-state index contributed by atoms with van der Waals surface area (Å²) in [6, 6.07) is 0. The van der Waals surface area contributed by atoms with Crippen LogP contribution in [0.15, 0.2) is 11.4 Å². The van der Waals surface area contributed by atoms with Crippen molar-refractivity contribution in [3.8, 4) is 0 Å². The summed E-state index contributed by atoms with van der Waals surface area (Å²) in [6.45, 7) is 10.0. The molecule has 0 amide bonds. The molecule has 17 heavy (non-hydrogen) atoms. The van der Waals surface area contributed by atoms with E-state index in [-0.39, 0.29) is 5.56 Å². The highest BCUT2D eigenvalue weighted by Gasteiger charge is 2.13. The summed E-state index contributed by atoms with van der Waals surface area (Å²) >= 11 is 1.51. The Morgan fingerprint density at radius 2 is 2.24 bits per heavy atom. The van der Waals surface area contributed by atoms with Gasteiger partial charge in [0.1, 0.15) is 4.83 Å². The zero-order chi connectivity index (χ0) is 12.6. The average Bonchev–Trinajstić information content (AvgIpc) is 2.55. The number of aromatic amines is 1. The molecule has 2 rings (SSSR count). The molecule has 0 unspecified atom stereocenters. The molecule has 0 fully saturated rings. The van der Waals surface area contributed by atoms with Crippen molar-refractivity contribution in [2.45, 2.75) is 20.8 Å². The van der Waals surface area contributed by atoms with Crippen LogP contribution in [0.2, 0.25) is 0 Å². The lowest BCUT2D eigenvalue weighted by atomic mass is 10.2. The van der Waals surface area contributed by atoms with Crippen LogP contribution >= 0.6 is 11.3 Å². The van der Waals surface area contributed by atoms with Gasteiger partial charge >= 0.3 is 0 Å². The van der Waals surface area contributed by atoms with Gasteiger partial charge in [0.15, 0.2) is 11.6 Å². The lowest BCUT2D eigenvalue weighted by molar-refractivity contribution is 0.296. The number of hydrogen-bond acceptors (Lipinski definition) is 4. The maximum absolute atomic E-state index is 12.0. The van der Waals surface area contributed by atoms with Crippen LogP contribution in [0.4, 0.5) is 0 Å². The topological polar surface area (TPSA) is 55.0 Å². The summed E-state index contributed by atoms with van der Waals surface area (Å²) in [5.74, 6) is 0.806. The number of H-pyrrole nitrogens is 1. The molecule has 0 radical (unpaired) electrons. The van der Waals surface area contributed by atoms with E-state index >= 15 is 0 Å². The maximum Gasteiger partial charge on any atom is 0.260 e. The third-order valence-electron chi connectivity index (χ3n) is 2.62. The highest BCUT2D eigenvalue weighted by atomic mass is 32.1. The predicted molar refractivity (Wildman–Crippen MR) is 70.4 cm³/mol. The molecule has 0 aliphatic rings. The van der Waals surface area contributed by atoms with Crippen LogP contribution < -0.4 is 5.56 Å². The zero-order valence-electron chi connectivity index (χ0n) is 10.1. The minimum Gasteiger partial charge on any atom is -0.491 e. The highest BCUT2D eigenvalue weighted by molar-refractivity contribution is 7.18. The Balaban J connectivity index is 2.64. The van der Waals surface area contributed by atoms with Crippen LogP contribution in [0.3, 0.4) is 0 Å². The van der Waals surface area contributed by atoms with Gasteiger partial charge in [0, 0.05) is 4.88 Å². The number of thiophene rings is 1. The van der Waals surface area contributed by atoms with Gasteiger partial charge in [0.2, 0.25) is 0 Å². The lowest BCUT2D eigenvalue weighted by Gasteiger charge is -2.05. The van der Waals surface area contributed by atoms with Crippen molar-refractivity contribution in [2.24, 2.45) is 0 Å². The number of aromatic nitrogens is 2. The molecular weight excluding hydrogens is 236 g/mol. The number of nitrogens with zero attached hydrogens (tertiary/aromatic N) is 1. The average molecular weight is 250 g/mol. The Morgan fingerprint density at radius 3 is 2.88 bits per heavy atom. The van der Waals surface area contributed by atoms with Crippen molar-refractivity contribution in [1.29, 1.82) is 0 Å². The number of hydrogen-bond donors (Lipinski definition) is 1. The van der Waals surface area contributed by atoms with E-state index in [1.165, 1.54) is 11.3 Å². The zero-order valence-corrected chi connectivity index (χ0v) is 10.9. The van der Waals surface area contributed by atoms with E-state index in [0.717, 1.165) is 15.3 Å². The summed E-state index contributed by atoms with van der Waals surface area (Å²) < 4.78 is 5.25. The van der Waals surface area contributed by atoms with Gasteiger partial charge in [-0.05, 0) is 26.3 Å². The number of aryl methyl sites for hydroxylation is 2. The van der Waals surface area contributed by atoms with E-state index in [9.17, 15) is 4.79 Å². The number of nitrogens with one attached hydrogen (secondary N) is 1. The van der Waals surface area contributed by atoms with E-state index < -0.39 is 0 Å². The van der Waals surface area contributed by atoms with Gasteiger partial charge in [0.05, 0.1) is 12.0 Å². The van der Waals surface area contributed by atoms with Crippen LogP contribution in [-0.4, -0.2) is 16.6 Å². The first-order valence-electron chi connectivity index (χ1n) is 5.36. The number of ether oxygens (including phenoxy) is 1. The van der Waals surface area contributed by atoms with Gasteiger partial charge in [0.25, 0.3) is 5.56 Å². The monoisotopic (exact) mass is 250 g/mol. The summed E-state index contributed by atoms with van der Waals surface area (Å²) in [7, 11) is 0. The molecule has 4 nitrogen and oxygen atoms in total. The summed E-state index contributed by atoms with van der Waals surface area (Å²) in [6.07, 6.45) is 0. The van der Waals surface area contributed by atoms with Crippen molar-refractivity contribution in [3.63, 3.8) is 0 Å². The first-order chi connectivity index (χ1) is 8.04. The molecule has 0 aliphatic carbocycles. The van der Waals surface area contributed by atoms with Crippen LogP contribution in [0, 0.1) is 13.8 Å². The smallest absolute Gasteiger partial charge is 0.260 e. The molecule has 1 N–H and O–H groups in total. The van der Waals surface area contributed by atoms with Crippen molar-refractivity contribution < 1.29 is 4.74 Å². The van der Waals surface area contributed by atoms with Gasteiger partial charge < -0.3 is 9.72 Å². The second kappa shape index (κ2) is 4.33. The van der Waals surface area contributed by atoms with Crippen LogP contribution in [0.25, 0.3) is 16.0 Å². The molecule has 0 atom stereocenters. The van der Waals surface area contributed by atoms with E-state index in [1.807, 2.05) is 20.8 Å². The largest absolute Gasteiger partial charge is 0.491 e. The quantitative estimate of drug-likeness (QED) is 0.852. The minimum absolute atomic E-state index is 0.132. The summed E-state index contributed by atoms with van der Waals surface area (Å²) in [5, 5.41) is 0.667. The molecule has 0 aliphatic heterocycles. The van der Waals surface area contributed by atoms with Crippen LogP contribution in [0.1, 0.15) is 23.2 Å². The fraction of sp³-hybridized carbons (Fsp3) is 0.333. The molecule has 2 aromatic heterocycles. The molecule has 0 spiro atoms. The van der Waals surface area contributed by atoms with Crippen molar-refractivity contribution >= 4 is 27.3 Å². The second-order valence-corrected chi connectivity index (χ2v) is 4.94. The molecule has 2 aromatic rings. The molecule has 0 saturated carbocycles. The molecule has 2 heterocycles. The third-order valence-corrected chi connectivity index (χ3v) is 3.72. The van der Waals surface area contributed by atoms with Crippen molar-refractivity contribution in [1.82, 2.24) is 9.97 Å². The summed E-state index contributed by atoms with van der Waals surface area (Å²) in [5.41, 5.74) is 0.861. The molecule has 5 heteroatoms. The molecule has 0 aromatic carbocycles. The molecule has 0 bridgehead atoms. The van der Waals surface area contributed by atoms with Crippen molar-refractivity contribution in [2.75, 3.05) is 6.61 Å². The van der Waals surface area contributed by atoms with E-state index in [2.05, 4.69) is 16.5 Å². The van der Waals surface area contributed by atoms with E-state index in [0.29, 0.717) is 23.6 Å². The Morgan fingerprint density at radius 1 is 1.53 bits per heavy atom. The molecule has 90 valence electrons. The minimum atomic E-state index is -0.132. The third kappa shape index (κ3) is 1.98. The van der Waals surface area contributed by atoms with Gasteiger partial charge in [-0.3, -0.25) is 4.79 Å².